The topological polar surface area (TPSA) is 92.8 Å². The minimum Gasteiger partial charge on any atom is -0.454 e. The maximum absolute atomic E-state index is 12.4. The summed E-state index contributed by atoms with van der Waals surface area (Å²) in [4.78, 5) is 26.3. The van der Waals surface area contributed by atoms with Crippen molar-refractivity contribution in [3.05, 3.63) is 17.5 Å². The fraction of sp³-hybridized carbons (Fsp3) is 0.647. The van der Waals surface area contributed by atoms with Gasteiger partial charge in [-0.05, 0) is 45.1 Å². The molecule has 0 saturated heterocycles. The predicted octanol–water partition coefficient (Wildman–Crippen LogP) is 2.24. The maximum atomic E-state index is 12.4. The molecular weight excluding hydrogens is 376 g/mol. The highest BCUT2D eigenvalue weighted by atomic mass is 32.2. The number of sulfonamides is 1. The van der Waals surface area contributed by atoms with Crippen molar-refractivity contribution in [2.75, 3.05) is 6.61 Å². The van der Waals surface area contributed by atoms with E-state index in [1.54, 1.807) is 30.2 Å². The highest BCUT2D eigenvalue weighted by Gasteiger charge is 2.31. The minimum atomic E-state index is -3.82. The van der Waals surface area contributed by atoms with Crippen LogP contribution in [0.3, 0.4) is 0 Å². The highest BCUT2D eigenvalue weighted by molar-refractivity contribution is 7.91. The fourth-order valence-electron chi connectivity index (χ4n) is 2.57. The van der Waals surface area contributed by atoms with Crippen molar-refractivity contribution in [2.24, 2.45) is 5.92 Å². The Morgan fingerprint density at radius 3 is 2.15 bits per heavy atom. The van der Waals surface area contributed by atoms with Crippen molar-refractivity contribution >= 4 is 33.2 Å². The first-order valence-electron chi connectivity index (χ1n) is 8.51. The van der Waals surface area contributed by atoms with Crippen LogP contribution >= 0.6 is 11.3 Å². The van der Waals surface area contributed by atoms with E-state index in [1.165, 1.54) is 6.07 Å². The smallest absolute Gasteiger partial charge is 0.324 e. The van der Waals surface area contributed by atoms with Crippen LogP contribution in [0.5, 0.6) is 0 Å². The molecule has 0 bridgehead atoms. The summed E-state index contributed by atoms with van der Waals surface area (Å²) in [5.74, 6) is -1.41. The van der Waals surface area contributed by atoms with Crippen LogP contribution in [0.2, 0.25) is 0 Å². The molecule has 7 nitrogen and oxygen atoms in total. The number of carbonyl (C=O) groups is 2. The fourth-order valence-corrected chi connectivity index (χ4v) is 4.91. The number of rotatable bonds is 9. The van der Waals surface area contributed by atoms with Crippen molar-refractivity contribution in [1.82, 2.24) is 9.62 Å². The van der Waals surface area contributed by atoms with Crippen molar-refractivity contribution in [3.8, 4) is 0 Å². The van der Waals surface area contributed by atoms with Gasteiger partial charge in [-0.2, -0.15) is 4.72 Å². The molecule has 0 fully saturated rings. The van der Waals surface area contributed by atoms with E-state index in [0.29, 0.717) is 0 Å². The molecule has 1 heterocycles. The summed E-state index contributed by atoms with van der Waals surface area (Å²) in [6.07, 6.45) is 0. The largest absolute Gasteiger partial charge is 0.454 e. The van der Waals surface area contributed by atoms with Gasteiger partial charge >= 0.3 is 5.97 Å². The molecule has 9 heteroatoms. The van der Waals surface area contributed by atoms with Crippen LogP contribution in [0.25, 0.3) is 0 Å². The van der Waals surface area contributed by atoms with Gasteiger partial charge < -0.3 is 9.64 Å². The van der Waals surface area contributed by atoms with Gasteiger partial charge in [0.25, 0.3) is 15.9 Å². The Kier molecular flexibility index (Phi) is 8.23. The molecule has 0 aliphatic heterocycles. The van der Waals surface area contributed by atoms with E-state index in [9.17, 15) is 18.0 Å². The Morgan fingerprint density at radius 2 is 1.73 bits per heavy atom. The zero-order valence-electron chi connectivity index (χ0n) is 16.1. The number of nitrogens with one attached hydrogen (secondary N) is 1. The molecule has 0 aromatic carbocycles. The molecule has 0 saturated carbocycles. The molecule has 26 heavy (non-hydrogen) atoms. The number of thiophene rings is 1. The van der Waals surface area contributed by atoms with Gasteiger partial charge in [-0.3, -0.25) is 9.59 Å². The molecule has 1 atom stereocenters. The molecule has 0 spiro atoms. The van der Waals surface area contributed by atoms with Crippen LogP contribution in [-0.4, -0.2) is 49.9 Å². The Labute approximate surface area is 159 Å². The van der Waals surface area contributed by atoms with Crippen LogP contribution in [0, 0.1) is 5.92 Å². The van der Waals surface area contributed by atoms with E-state index in [4.69, 9.17) is 4.74 Å². The Balaban J connectivity index is 2.79. The minimum absolute atomic E-state index is 0.0283. The summed E-state index contributed by atoms with van der Waals surface area (Å²) in [6.45, 7) is 10.5. The van der Waals surface area contributed by atoms with Gasteiger partial charge in [0.15, 0.2) is 6.61 Å². The van der Waals surface area contributed by atoms with Crippen LogP contribution in [0.15, 0.2) is 21.7 Å². The lowest BCUT2D eigenvalue weighted by Crippen LogP contribution is -2.47. The molecule has 0 radical (unpaired) electrons. The van der Waals surface area contributed by atoms with Crippen molar-refractivity contribution < 1.29 is 22.7 Å². The normalized spacial score (nSPS) is 13.3. The standard InChI is InChI=1S/C17H28N2O5S2/c1-11(2)16(18-26(22,23)15-8-7-9-25-15)17(21)24-10-14(20)19(12(3)4)13(5)6/h7-9,11-13,16,18H,10H2,1-6H3/t16-/m1/s1. The van der Waals surface area contributed by atoms with Gasteiger partial charge in [-0.15, -0.1) is 11.3 Å². The molecule has 1 rings (SSSR count). The monoisotopic (exact) mass is 404 g/mol. The highest BCUT2D eigenvalue weighted by Crippen LogP contribution is 2.17. The number of esters is 1. The van der Waals surface area contributed by atoms with Crippen molar-refractivity contribution in [3.63, 3.8) is 0 Å². The number of hydrogen-bond donors (Lipinski definition) is 1. The zero-order valence-corrected chi connectivity index (χ0v) is 17.7. The number of ether oxygens (including phenoxy) is 1. The third-order valence-corrected chi connectivity index (χ3v) is 6.54. The third-order valence-electron chi connectivity index (χ3n) is 3.70. The van der Waals surface area contributed by atoms with Crippen LogP contribution < -0.4 is 4.72 Å². The Hall–Kier alpha value is -1.45. The lowest BCUT2D eigenvalue weighted by atomic mass is 10.1. The first-order valence-corrected chi connectivity index (χ1v) is 10.9. The molecule has 148 valence electrons. The second kappa shape index (κ2) is 9.48. The molecule has 0 aliphatic carbocycles. The Morgan fingerprint density at radius 1 is 1.15 bits per heavy atom. The molecule has 1 amide bonds. The maximum Gasteiger partial charge on any atom is 0.324 e. The van der Waals surface area contributed by atoms with Crippen molar-refractivity contribution in [1.29, 1.82) is 0 Å². The van der Waals surface area contributed by atoms with Gasteiger partial charge in [-0.25, -0.2) is 8.42 Å². The van der Waals surface area contributed by atoms with E-state index in [2.05, 4.69) is 4.72 Å². The van der Waals surface area contributed by atoms with Gasteiger partial charge in [0.05, 0.1) is 0 Å². The number of amides is 1. The average Bonchev–Trinajstić information content (AvgIpc) is 3.04. The van der Waals surface area contributed by atoms with Crippen LogP contribution in [0.1, 0.15) is 41.5 Å². The molecule has 1 aromatic rings. The van der Waals surface area contributed by atoms with Gasteiger partial charge in [-0.1, -0.05) is 19.9 Å². The number of carbonyl (C=O) groups excluding carboxylic acids is 2. The summed E-state index contributed by atoms with van der Waals surface area (Å²) >= 11 is 1.06. The summed E-state index contributed by atoms with van der Waals surface area (Å²) in [5, 5.41) is 1.64. The third kappa shape index (κ3) is 6.07. The van der Waals surface area contributed by atoms with Crippen LogP contribution in [0.4, 0.5) is 0 Å². The summed E-state index contributed by atoms with van der Waals surface area (Å²) in [7, 11) is -3.82. The van der Waals surface area contributed by atoms with E-state index in [-0.39, 0.29) is 28.1 Å². The predicted molar refractivity (Wildman–Crippen MR) is 101 cm³/mol. The van der Waals surface area contributed by atoms with E-state index < -0.39 is 28.6 Å². The number of hydrogen-bond acceptors (Lipinski definition) is 6. The first-order chi connectivity index (χ1) is 12.0. The molecular formula is C17H28N2O5S2. The average molecular weight is 405 g/mol. The SMILES string of the molecule is CC(C)[C@@H](NS(=O)(=O)c1cccs1)C(=O)OCC(=O)N(C(C)C)C(C)C. The second-order valence-corrected chi connectivity index (χ2v) is 9.76. The van der Waals surface area contributed by atoms with Gasteiger partial charge in [0.2, 0.25) is 0 Å². The van der Waals surface area contributed by atoms with Gasteiger partial charge in [0.1, 0.15) is 10.3 Å². The summed E-state index contributed by atoms with van der Waals surface area (Å²) in [5.41, 5.74) is 0. The summed E-state index contributed by atoms with van der Waals surface area (Å²) < 4.78 is 32.3. The van der Waals surface area contributed by atoms with E-state index in [1.807, 2.05) is 27.7 Å². The Bertz CT molecular complexity index is 689. The van der Waals surface area contributed by atoms with Gasteiger partial charge in [0, 0.05) is 12.1 Å². The van der Waals surface area contributed by atoms with Crippen molar-refractivity contribution in [2.45, 2.75) is 63.9 Å². The molecule has 1 aromatic heterocycles. The van der Waals surface area contributed by atoms with E-state index >= 15 is 0 Å². The molecule has 1 N–H and O–H groups in total. The summed E-state index contributed by atoms with van der Waals surface area (Å²) in [6, 6.07) is 1.95. The molecule has 0 unspecified atom stereocenters. The second-order valence-electron chi connectivity index (χ2n) is 6.87. The lowest BCUT2D eigenvalue weighted by Gasteiger charge is -2.30. The van der Waals surface area contributed by atoms with E-state index in [0.717, 1.165) is 11.3 Å². The zero-order chi connectivity index (χ0) is 20.1. The van der Waals surface area contributed by atoms with Crippen LogP contribution in [-0.2, 0) is 24.3 Å². The lowest BCUT2D eigenvalue weighted by molar-refractivity contribution is -0.155. The molecule has 0 aliphatic rings. The number of nitrogens with zero attached hydrogens (tertiary/aromatic N) is 1. The quantitative estimate of drug-likeness (QED) is 0.637. The first kappa shape index (κ1) is 22.6.